The van der Waals surface area contributed by atoms with Crippen molar-refractivity contribution in [2.45, 2.75) is 70.4 Å². The molecule has 2 saturated heterocycles. The second-order valence-corrected chi connectivity index (χ2v) is 7.34. The average Bonchev–Trinajstić information content (AvgIpc) is 2.76. The highest BCUT2D eigenvalue weighted by Crippen LogP contribution is 2.30. The number of nitrogens with zero attached hydrogens (tertiary/aromatic N) is 2. The van der Waals surface area contributed by atoms with Crippen molar-refractivity contribution in [2.75, 3.05) is 26.3 Å². The molecule has 23 heavy (non-hydrogen) atoms. The van der Waals surface area contributed by atoms with E-state index in [4.69, 9.17) is 4.74 Å². The van der Waals surface area contributed by atoms with Gasteiger partial charge in [-0.05, 0) is 51.4 Å². The largest absolute Gasteiger partial charge is 0.381 e. The van der Waals surface area contributed by atoms with Gasteiger partial charge in [-0.2, -0.15) is 0 Å². The Morgan fingerprint density at radius 1 is 0.957 bits per heavy atom. The van der Waals surface area contributed by atoms with Crippen molar-refractivity contribution in [2.24, 2.45) is 5.92 Å². The zero-order valence-electron chi connectivity index (χ0n) is 14.3. The maximum Gasteiger partial charge on any atom is 0.228 e. The van der Waals surface area contributed by atoms with Gasteiger partial charge in [0.15, 0.2) is 0 Å². The topological polar surface area (TPSA) is 49.9 Å². The first kappa shape index (κ1) is 16.7. The van der Waals surface area contributed by atoms with E-state index < -0.39 is 0 Å². The van der Waals surface area contributed by atoms with E-state index in [9.17, 15) is 9.59 Å². The number of carbonyl (C=O) groups excluding carboxylic acids is 2. The molecule has 1 aliphatic carbocycles. The predicted molar refractivity (Wildman–Crippen MR) is 87.9 cm³/mol. The van der Waals surface area contributed by atoms with Crippen molar-refractivity contribution in [3.8, 4) is 0 Å². The maximum atomic E-state index is 12.7. The van der Waals surface area contributed by atoms with E-state index in [1.807, 2.05) is 4.90 Å². The Hall–Kier alpha value is -1.10. The minimum atomic E-state index is 0.0517. The van der Waals surface area contributed by atoms with Crippen LogP contribution in [0, 0.1) is 5.92 Å². The Labute approximate surface area is 139 Å². The van der Waals surface area contributed by atoms with Crippen LogP contribution in [0.2, 0.25) is 0 Å². The van der Waals surface area contributed by atoms with Crippen LogP contribution in [-0.4, -0.2) is 60.0 Å². The molecule has 0 radical (unpaired) electrons. The van der Waals surface area contributed by atoms with Gasteiger partial charge < -0.3 is 14.5 Å². The standard InChI is InChI=1S/C18H30N2O3/c1-14(21)20(16-6-2-7-16)17-8-3-10-19(11-9-17)18(22)15-5-4-12-23-13-15/h15-17H,2-13H2,1H3/t15-,17+/m0/s1. The molecule has 130 valence electrons. The van der Waals surface area contributed by atoms with Crippen LogP contribution in [0.4, 0.5) is 0 Å². The third-order valence-electron chi connectivity index (χ3n) is 5.74. The Balaban J connectivity index is 1.57. The van der Waals surface area contributed by atoms with E-state index in [1.165, 1.54) is 6.42 Å². The summed E-state index contributed by atoms with van der Waals surface area (Å²) in [7, 11) is 0. The molecule has 5 nitrogen and oxygen atoms in total. The lowest BCUT2D eigenvalue weighted by atomic mass is 9.89. The van der Waals surface area contributed by atoms with Gasteiger partial charge in [-0.3, -0.25) is 9.59 Å². The van der Waals surface area contributed by atoms with Gasteiger partial charge in [-0.15, -0.1) is 0 Å². The first-order valence-corrected chi connectivity index (χ1v) is 9.32. The molecule has 0 bridgehead atoms. The summed E-state index contributed by atoms with van der Waals surface area (Å²) in [5.41, 5.74) is 0. The number of likely N-dealkylation sites (tertiary alicyclic amines) is 1. The third kappa shape index (κ3) is 3.87. The van der Waals surface area contributed by atoms with Crippen LogP contribution < -0.4 is 0 Å². The van der Waals surface area contributed by atoms with E-state index in [0.717, 1.165) is 64.6 Å². The van der Waals surface area contributed by atoms with Gasteiger partial charge in [-0.1, -0.05) is 0 Å². The van der Waals surface area contributed by atoms with Gasteiger partial charge in [0.1, 0.15) is 0 Å². The van der Waals surface area contributed by atoms with Crippen LogP contribution >= 0.6 is 0 Å². The van der Waals surface area contributed by atoms with Crippen LogP contribution in [0.25, 0.3) is 0 Å². The highest BCUT2D eigenvalue weighted by molar-refractivity contribution is 5.79. The molecular weight excluding hydrogens is 292 g/mol. The second kappa shape index (κ2) is 7.65. The summed E-state index contributed by atoms with van der Waals surface area (Å²) in [6, 6.07) is 0.768. The normalized spacial score (nSPS) is 29.5. The van der Waals surface area contributed by atoms with E-state index in [1.54, 1.807) is 6.92 Å². The van der Waals surface area contributed by atoms with Gasteiger partial charge in [0, 0.05) is 38.7 Å². The van der Waals surface area contributed by atoms with Crippen molar-refractivity contribution >= 4 is 11.8 Å². The molecule has 3 rings (SSSR count). The highest BCUT2D eigenvalue weighted by Gasteiger charge is 2.35. The maximum absolute atomic E-state index is 12.7. The molecule has 0 unspecified atom stereocenters. The Bertz CT molecular complexity index is 430. The molecule has 2 heterocycles. The van der Waals surface area contributed by atoms with Gasteiger partial charge >= 0.3 is 0 Å². The van der Waals surface area contributed by atoms with Crippen molar-refractivity contribution in [3.05, 3.63) is 0 Å². The van der Waals surface area contributed by atoms with Gasteiger partial charge in [0.2, 0.25) is 11.8 Å². The first-order valence-electron chi connectivity index (χ1n) is 9.32. The van der Waals surface area contributed by atoms with Gasteiger partial charge in [0.25, 0.3) is 0 Å². The number of hydrogen-bond donors (Lipinski definition) is 0. The predicted octanol–water partition coefficient (Wildman–Crippen LogP) is 2.20. The van der Waals surface area contributed by atoms with Crippen molar-refractivity contribution < 1.29 is 14.3 Å². The zero-order valence-corrected chi connectivity index (χ0v) is 14.3. The van der Waals surface area contributed by atoms with Crippen LogP contribution in [0.1, 0.15) is 58.3 Å². The van der Waals surface area contributed by atoms with Crippen LogP contribution in [0.15, 0.2) is 0 Å². The Morgan fingerprint density at radius 3 is 2.30 bits per heavy atom. The van der Waals surface area contributed by atoms with Crippen molar-refractivity contribution in [1.29, 1.82) is 0 Å². The number of amides is 2. The average molecular weight is 322 g/mol. The summed E-state index contributed by atoms with van der Waals surface area (Å²) in [6.07, 6.45) is 8.45. The molecule has 5 heteroatoms. The summed E-state index contributed by atoms with van der Waals surface area (Å²) < 4.78 is 5.47. The molecule has 3 aliphatic rings. The van der Waals surface area contributed by atoms with Gasteiger partial charge in [0.05, 0.1) is 12.5 Å². The summed E-state index contributed by atoms with van der Waals surface area (Å²) in [4.78, 5) is 28.9. The van der Waals surface area contributed by atoms with E-state index in [-0.39, 0.29) is 17.7 Å². The molecule has 0 N–H and O–H groups in total. The van der Waals surface area contributed by atoms with Crippen LogP contribution in [0.5, 0.6) is 0 Å². The van der Waals surface area contributed by atoms with E-state index in [2.05, 4.69) is 4.90 Å². The molecule has 3 fully saturated rings. The minimum Gasteiger partial charge on any atom is -0.381 e. The summed E-state index contributed by atoms with van der Waals surface area (Å²) in [6.45, 7) is 4.70. The van der Waals surface area contributed by atoms with Gasteiger partial charge in [-0.25, -0.2) is 0 Å². The fraction of sp³-hybridized carbons (Fsp3) is 0.889. The summed E-state index contributed by atoms with van der Waals surface area (Å²) in [5.74, 6) is 0.527. The van der Waals surface area contributed by atoms with Crippen molar-refractivity contribution in [3.63, 3.8) is 0 Å². The Morgan fingerprint density at radius 2 is 1.70 bits per heavy atom. The lowest BCUT2D eigenvalue weighted by Crippen LogP contribution is -2.49. The molecule has 2 aliphatic heterocycles. The van der Waals surface area contributed by atoms with E-state index in [0.29, 0.717) is 18.7 Å². The molecule has 0 aromatic heterocycles. The number of rotatable bonds is 3. The SMILES string of the molecule is CC(=O)N(C1CCC1)[C@@H]1CCCN(C(=O)[C@H]2CCCOC2)CC1. The number of ether oxygens (including phenoxy) is 1. The Kier molecular flexibility index (Phi) is 5.57. The third-order valence-corrected chi connectivity index (χ3v) is 5.74. The lowest BCUT2D eigenvalue weighted by molar-refractivity contribution is -0.139. The quantitative estimate of drug-likeness (QED) is 0.800. The first-order chi connectivity index (χ1) is 11.2. The molecule has 0 spiro atoms. The fourth-order valence-corrected chi connectivity index (χ4v) is 4.25. The minimum absolute atomic E-state index is 0.0517. The van der Waals surface area contributed by atoms with E-state index >= 15 is 0 Å². The summed E-state index contributed by atoms with van der Waals surface area (Å²) in [5, 5.41) is 0. The smallest absolute Gasteiger partial charge is 0.228 e. The van der Waals surface area contributed by atoms with Crippen molar-refractivity contribution in [1.82, 2.24) is 9.80 Å². The van der Waals surface area contributed by atoms with Crippen LogP contribution in [-0.2, 0) is 14.3 Å². The number of carbonyl (C=O) groups is 2. The second-order valence-electron chi connectivity index (χ2n) is 7.34. The summed E-state index contributed by atoms with van der Waals surface area (Å²) >= 11 is 0. The molecule has 2 amide bonds. The van der Waals surface area contributed by atoms with Crippen LogP contribution in [0.3, 0.4) is 0 Å². The molecule has 0 aromatic carbocycles. The zero-order chi connectivity index (χ0) is 16.2. The number of hydrogen-bond acceptors (Lipinski definition) is 3. The lowest BCUT2D eigenvalue weighted by Gasteiger charge is -2.42. The molecular formula is C18H30N2O3. The monoisotopic (exact) mass is 322 g/mol. The highest BCUT2D eigenvalue weighted by atomic mass is 16.5. The molecule has 2 atom stereocenters. The molecule has 0 aromatic rings. The fourth-order valence-electron chi connectivity index (χ4n) is 4.25. The molecule has 1 saturated carbocycles.